The first-order valence-corrected chi connectivity index (χ1v) is 11.9. The van der Waals surface area contributed by atoms with Crippen LogP contribution in [-0.2, 0) is 9.59 Å². The molecule has 7 nitrogen and oxygen atoms in total. The lowest BCUT2D eigenvalue weighted by molar-refractivity contribution is -0.137. The molecule has 1 atom stereocenters. The maximum absolute atomic E-state index is 13.3. The minimum Gasteiger partial charge on any atom is -0.467 e. The highest BCUT2D eigenvalue weighted by Gasteiger charge is 2.35. The monoisotopic (exact) mass is 450 g/mol. The minimum absolute atomic E-state index is 0.0602. The number of carbonyl (C=O) groups excluding carboxylic acids is 2. The average Bonchev–Trinajstić information content (AvgIpc) is 3.49. The smallest absolute Gasteiger partial charge is 0.257 e. The average molecular weight is 451 g/mol. The summed E-state index contributed by atoms with van der Waals surface area (Å²) in [6.07, 6.45) is 7.97. The van der Waals surface area contributed by atoms with Gasteiger partial charge in [-0.05, 0) is 44.5 Å². The molecule has 7 heteroatoms. The molecule has 0 N–H and O–H groups in total. The Balaban J connectivity index is 1.42. The quantitative estimate of drug-likeness (QED) is 0.640. The Morgan fingerprint density at radius 1 is 1.06 bits per heavy atom. The van der Waals surface area contributed by atoms with Gasteiger partial charge in [0.25, 0.3) is 5.91 Å². The molecule has 2 aliphatic rings. The van der Waals surface area contributed by atoms with Crippen molar-refractivity contribution in [1.29, 1.82) is 0 Å². The molecule has 1 aliphatic carbocycles. The normalized spacial score (nSPS) is 19.1. The van der Waals surface area contributed by atoms with Crippen molar-refractivity contribution in [2.45, 2.75) is 57.5 Å². The summed E-state index contributed by atoms with van der Waals surface area (Å²) in [5, 5.41) is 6.21. The van der Waals surface area contributed by atoms with E-state index >= 15 is 0 Å². The summed E-state index contributed by atoms with van der Waals surface area (Å²) in [5.41, 5.74) is 3.04. The number of carbonyl (C=O) groups is 2. The zero-order valence-corrected chi connectivity index (χ0v) is 19.9. The number of amides is 2. The lowest BCUT2D eigenvalue weighted by atomic mass is 9.94. The number of likely N-dealkylation sites (N-methyl/N-ethyl adjacent to an activating group) is 2. The number of furan rings is 1. The van der Waals surface area contributed by atoms with Gasteiger partial charge in [0.15, 0.2) is 0 Å². The molecule has 0 saturated heterocycles. The van der Waals surface area contributed by atoms with Crippen molar-refractivity contribution in [3.05, 3.63) is 59.5 Å². The Hall–Kier alpha value is -2.93. The van der Waals surface area contributed by atoms with E-state index in [9.17, 15) is 9.59 Å². The fraction of sp³-hybridized carbons (Fsp3) is 0.500. The first-order valence-electron chi connectivity index (χ1n) is 11.9. The summed E-state index contributed by atoms with van der Waals surface area (Å²) in [4.78, 5) is 29.7. The maximum Gasteiger partial charge on any atom is 0.257 e. The van der Waals surface area contributed by atoms with Crippen LogP contribution in [0.25, 0.3) is 0 Å². The highest BCUT2D eigenvalue weighted by molar-refractivity contribution is 6.03. The van der Waals surface area contributed by atoms with Crippen LogP contribution in [0.4, 0.5) is 0 Å². The summed E-state index contributed by atoms with van der Waals surface area (Å²) >= 11 is 0. The summed E-state index contributed by atoms with van der Waals surface area (Å²) in [6.45, 7) is 2.38. The van der Waals surface area contributed by atoms with E-state index in [1.54, 1.807) is 11.2 Å². The first kappa shape index (κ1) is 23.2. The molecule has 1 fully saturated rings. The molecule has 0 radical (unpaired) electrons. The fourth-order valence-corrected chi connectivity index (χ4v) is 4.74. The van der Waals surface area contributed by atoms with Crippen molar-refractivity contribution < 1.29 is 14.0 Å². The number of hydrazone groups is 1. The fourth-order valence-electron chi connectivity index (χ4n) is 4.74. The van der Waals surface area contributed by atoms with Gasteiger partial charge in [-0.1, -0.05) is 49.1 Å². The Bertz CT molecular complexity index is 977. The van der Waals surface area contributed by atoms with E-state index in [4.69, 9.17) is 4.42 Å². The van der Waals surface area contributed by atoms with Crippen LogP contribution in [-0.4, -0.2) is 65.6 Å². The van der Waals surface area contributed by atoms with Gasteiger partial charge in [0.1, 0.15) is 11.8 Å². The van der Waals surface area contributed by atoms with E-state index in [2.05, 4.69) is 5.10 Å². The van der Waals surface area contributed by atoms with Crippen molar-refractivity contribution in [3.63, 3.8) is 0 Å². The molecule has 1 saturated carbocycles. The molecule has 176 valence electrons. The molecule has 2 amide bonds. The largest absolute Gasteiger partial charge is 0.467 e. The van der Waals surface area contributed by atoms with Crippen LogP contribution < -0.4 is 0 Å². The lowest BCUT2D eigenvalue weighted by Crippen LogP contribution is -2.45. The topological polar surface area (TPSA) is 69.4 Å². The summed E-state index contributed by atoms with van der Waals surface area (Å²) in [6, 6.07) is 11.9. The second-order valence-electron chi connectivity index (χ2n) is 9.36. The molecule has 2 aromatic rings. The number of rotatable bonds is 7. The van der Waals surface area contributed by atoms with Gasteiger partial charge in [-0.2, -0.15) is 5.10 Å². The standard InChI is InChI=1S/C26H34N4O3/c1-19-11-13-20(14-12-19)22-16-23(24-10-7-15-33-24)30(27-22)26(32)18-28(2)17-25(31)29(3)21-8-5-4-6-9-21/h7,10-15,21,23H,4-6,8-9,16-18H2,1-3H3. The molecule has 1 aromatic heterocycles. The van der Waals surface area contributed by atoms with Crippen LogP contribution in [0, 0.1) is 6.92 Å². The zero-order valence-electron chi connectivity index (χ0n) is 19.9. The number of hydrogen-bond acceptors (Lipinski definition) is 5. The Morgan fingerprint density at radius 3 is 2.45 bits per heavy atom. The first-order chi connectivity index (χ1) is 15.9. The Labute approximate surface area is 196 Å². The van der Waals surface area contributed by atoms with Gasteiger partial charge in [0, 0.05) is 19.5 Å². The molecule has 1 aromatic carbocycles. The number of benzene rings is 1. The predicted octanol–water partition coefficient (Wildman–Crippen LogP) is 3.99. The molecular formula is C26H34N4O3. The second-order valence-corrected chi connectivity index (χ2v) is 9.36. The van der Waals surface area contributed by atoms with E-state index in [1.807, 2.05) is 62.3 Å². The summed E-state index contributed by atoms with van der Waals surface area (Å²) in [7, 11) is 3.70. The third kappa shape index (κ3) is 5.53. The maximum atomic E-state index is 13.3. The van der Waals surface area contributed by atoms with Crippen LogP contribution in [0.5, 0.6) is 0 Å². The molecule has 0 spiro atoms. The molecule has 1 aliphatic heterocycles. The van der Waals surface area contributed by atoms with Crippen molar-refractivity contribution in [2.75, 3.05) is 27.2 Å². The number of hydrogen-bond donors (Lipinski definition) is 0. The molecule has 4 rings (SSSR count). The van der Waals surface area contributed by atoms with E-state index in [0.29, 0.717) is 18.2 Å². The van der Waals surface area contributed by atoms with Crippen LogP contribution >= 0.6 is 0 Å². The van der Waals surface area contributed by atoms with Gasteiger partial charge in [0.2, 0.25) is 5.91 Å². The third-order valence-electron chi connectivity index (χ3n) is 6.75. The van der Waals surface area contributed by atoms with E-state index < -0.39 is 0 Å². The van der Waals surface area contributed by atoms with Crippen LogP contribution in [0.3, 0.4) is 0 Å². The predicted molar refractivity (Wildman–Crippen MR) is 128 cm³/mol. The molecule has 33 heavy (non-hydrogen) atoms. The highest BCUT2D eigenvalue weighted by atomic mass is 16.3. The van der Waals surface area contributed by atoms with Gasteiger partial charge in [0.05, 0.1) is 25.1 Å². The van der Waals surface area contributed by atoms with Crippen molar-refractivity contribution in [1.82, 2.24) is 14.8 Å². The summed E-state index contributed by atoms with van der Waals surface area (Å²) < 4.78 is 5.63. The van der Waals surface area contributed by atoms with Crippen LogP contribution in [0.15, 0.2) is 52.2 Å². The van der Waals surface area contributed by atoms with Crippen molar-refractivity contribution >= 4 is 17.5 Å². The van der Waals surface area contributed by atoms with Crippen LogP contribution in [0.2, 0.25) is 0 Å². The number of aryl methyl sites for hydroxylation is 1. The van der Waals surface area contributed by atoms with E-state index in [-0.39, 0.29) is 30.9 Å². The SMILES string of the molecule is Cc1ccc(C2=NN(C(=O)CN(C)CC(=O)N(C)C3CCCCC3)C(c3ccco3)C2)cc1. The summed E-state index contributed by atoms with van der Waals surface area (Å²) in [5.74, 6) is 0.629. The minimum atomic E-state index is -0.280. The van der Waals surface area contributed by atoms with Gasteiger partial charge >= 0.3 is 0 Å². The van der Waals surface area contributed by atoms with Gasteiger partial charge in [-0.15, -0.1) is 0 Å². The van der Waals surface area contributed by atoms with Gasteiger partial charge in [-0.25, -0.2) is 5.01 Å². The molecule has 0 bridgehead atoms. The Kier molecular flexibility index (Phi) is 7.28. The van der Waals surface area contributed by atoms with Crippen LogP contribution in [0.1, 0.15) is 61.5 Å². The number of nitrogens with zero attached hydrogens (tertiary/aromatic N) is 4. The second kappa shape index (κ2) is 10.3. The lowest BCUT2D eigenvalue weighted by Gasteiger charge is -2.32. The van der Waals surface area contributed by atoms with E-state index in [0.717, 1.165) is 24.1 Å². The van der Waals surface area contributed by atoms with Gasteiger partial charge in [-0.3, -0.25) is 14.5 Å². The zero-order chi connectivity index (χ0) is 23.4. The highest BCUT2D eigenvalue weighted by Crippen LogP contribution is 2.33. The van der Waals surface area contributed by atoms with Gasteiger partial charge < -0.3 is 9.32 Å². The molecular weight excluding hydrogens is 416 g/mol. The van der Waals surface area contributed by atoms with E-state index in [1.165, 1.54) is 29.8 Å². The molecule has 2 heterocycles. The third-order valence-corrected chi connectivity index (χ3v) is 6.75. The van der Waals surface area contributed by atoms with Crippen molar-refractivity contribution in [3.8, 4) is 0 Å². The van der Waals surface area contributed by atoms with Crippen molar-refractivity contribution in [2.24, 2.45) is 5.10 Å². The Morgan fingerprint density at radius 2 is 1.79 bits per heavy atom. The molecule has 1 unspecified atom stereocenters.